The molecule has 0 aromatic rings. The average Bonchev–Trinajstić information content (AvgIpc) is 2.63. The maximum atomic E-state index is 11.5. The fourth-order valence-electron chi connectivity index (χ4n) is 3.01. The number of unbranched alkanes of at least 4 members (excludes halogenated alkanes) is 14. The Morgan fingerprint density at radius 1 is 0.680 bits per heavy atom. The topological polar surface area (TPSA) is 26.3 Å². The molecule has 150 valence electrons. The molecule has 0 bridgehead atoms. The zero-order valence-electron chi connectivity index (χ0n) is 16.5. The third-order valence-corrected chi connectivity index (χ3v) is 5.80. The van der Waals surface area contributed by atoms with Gasteiger partial charge in [-0.05, 0) is 30.8 Å². The van der Waals surface area contributed by atoms with Crippen LogP contribution in [0.25, 0.3) is 0 Å². The first kappa shape index (κ1) is 24.8. The van der Waals surface area contributed by atoms with Crippen LogP contribution in [0.5, 0.6) is 0 Å². The molecule has 0 radical (unpaired) electrons. The van der Waals surface area contributed by atoms with Gasteiger partial charge in [-0.3, -0.25) is 4.94 Å². The molecule has 4 heteroatoms. The van der Waals surface area contributed by atoms with Crippen molar-refractivity contribution in [3.63, 3.8) is 0 Å². The molecule has 0 fully saturated rings. The van der Waals surface area contributed by atoms with Crippen molar-refractivity contribution >= 4 is 17.7 Å². The highest BCUT2D eigenvalue weighted by Gasteiger charge is 2.01. The summed E-state index contributed by atoms with van der Waals surface area (Å²) in [5, 5.41) is 0. The molecule has 0 aromatic carbocycles. The Balaban J connectivity index is 2.99. The minimum absolute atomic E-state index is 0.215. The predicted octanol–water partition coefficient (Wildman–Crippen LogP) is 7.80. The van der Waals surface area contributed by atoms with Gasteiger partial charge in [-0.2, -0.15) is 11.8 Å². The highest BCUT2D eigenvalue weighted by atomic mass is 32.2. The molecule has 25 heavy (non-hydrogen) atoms. The van der Waals surface area contributed by atoms with Gasteiger partial charge in [0.1, 0.15) is 0 Å². The Bertz CT molecular complexity index is 275. The predicted molar refractivity (Wildman–Crippen MR) is 109 cm³/mol. The third-order valence-electron chi connectivity index (χ3n) is 4.65. The number of thioether (sulfide) groups is 1. The fourth-order valence-corrected chi connectivity index (χ4v) is 4.03. The van der Waals surface area contributed by atoms with Crippen molar-refractivity contribution in [1.82, 2.24) is 0 Å². The molecule has 0 aliphatic carbocycles. The van der Waals surface area contributed by atoms with Gasteiger partial charge in [0.2, 0.25) is 0 Å². The number of rotatable bonds is 20. The van der Waals surface area contributed by atoms with Gasteiger partial charge in [0.15, 0.2) is 0 Å². The summed E-state index contributed by atoms with van der Waals surface area (Å²) >= 11 is 2.13. The van der Waals surface area contributed by atoms with Gasteiger partial charge in [-0.25, -0.2) is 4.79 Å². The summed E-state index contributed by atoms with van der Waals surface area (Å²) in [6.45, 7) is 2.27. The number of carbonyl (C=O) groups is 1. The lowest BCUT2D eigenvalue weighted by molar-refractivity contribution is -0.183. The van der Waals surface area contributed by atoms with E-state index >= 15 is 0 Å². The first-order valence-corrected chi connectivity index (χ1v) is 11.9. The lowest BCUT2D eigenvalue weighted by Crippen LogP contribution is -1.96. The second-order valence-electron chi connectivity index (χ2n) is 7.11. The zero-order chi connectivity index (χ0) is 18.4. The van der Waals surface area contributed by atoms with Gasteiger partial charge < -0.3 is 0 Å². The van der Waals surface area contributed by atoms with Crippen LogP contribution >= 0.6 is 11.8 Å². The molecule has 0 saturated heterocycles. The zero-order valence-corrected chi connectivity index (χ0v) is 17.4. The van der Waals surface area contributed by atoms with Crippen molar-refractivity contribution < 1.29 is 14.3 Å². The van der Waals surface area contributed by atoms with Gasteiger partial charge in [0.05, 0.1) is 0 Å². The maximum Gasteiger partial charge on any atom is 0.348 e. The summed E-state index contributed by atoms with van der Waals surface area (Å²) in [6.07, 6.45) is 21.0. The van der Waals surface area contributed by atoms with E-state index in [1.54, 1.807) is 0 Å². The molecule has 0 N–H and O–H groups in total. The molecule has 0 aromatic heterocycles. The van der Waals surface area contributed by atoms with E-state index in [9.17, 15) is 9.32 Å². The van der Waals surface area contributed by atoms with Crippen LogP contribution in [-0.4, -0.2) is 17.5 Å². The van der Waals surface area contributed by atoms with Crippen LogP contribution in [0.15, 0.2) is 0 Å². The fraction of sp³-hybridized carbons (Fsp3) is 0.952. The van der Waals surface area contributed by atoms with Gasteiger partial charge in [-0.15, -0.1) is 0 Å². The minimum atomic E-state index is -0.732. The Hall–Kier alpha value is -0.250. The van der Waals surface area contributed by atoms with Crippen LogP contribution in [0.4, 0.5) is 4.53 Å². The summed E-state index contributed by atoms with van der Waals surface area (Å²) in [7, 11) is 0. The van der Waals surface area contributed by atoms with E-state index < -0.39 is 5.97 Å². The highest BCUT2D eigenvalue weighted by molar-refractivity contribution is 7.99. The number of hydrogen-bond donors (Lipinski definition) is 0. The smallest absolute Gasteiger partial charge is 0.255 e. The quantitative estimate of drug-likeness (QED) is 0.203. The number of halogens is 1. The van der Waals surface area contributed by atoms with Crippen molar-refractivity contribution in [2.75, 3.05) is 11.5 Å². The van der Waals surface area contributed by atoms with Crippen LogP contribution in [0, 0.1) is 0 Å². The summed E-state index contributed by atoms with van der Waals surface area (Å²) in [6, 6.07) is 0. The SMILES string of the molecule is CCCCCCCCCCSCCCCCCCCCCC(=O)OF. The Labute approximate surface area is 160 Å². The number of carbonyl (C=O) groups excluding carboxylic acids is 1. The Morgan fingerprint density at radius 2 is 1.08 bits per heavy atom. The van der Waals surface area contributed by atoms with E-state index in [-0.39, 0.29) is 6.42 Å². The number of hydrogen-bond acceptors (Lipinski definition) is 3. The van der Waals surface area contributed by atoms with Gasteiger partial charge in [-0.1, -0.05) is 90.4 Å². The van der Waals surface area contributed by atoms with E-state index in [0.717, 1.165) is 19.3 Å². The summed E-state index contributed by atoms with van der Waals surface area (Å²) < 4.78 is 11.5. The average molecular weight is 377 g/mol. The molecule has 0 heterocycles. The Morgan fingerprint density at radius 3 is 1.52 bits per heavy atom. The van der Waals surface area contributed by atoms with Crippen molar-refractivity contribution in [1.29, 1.82) is 0 Å². The van der Waals surface area contributed by atoms with Crippen LogP contribution < -0.4 is 0 Å². The van der Waals surface area contributed by atoms with E-state index in [2.05, 4.69) is 23.6 Å². The van der Waals surface area contributed by atoms with Crippen molar-refractivity contribution in [3.05, 3.63) is 0 Å². The van der Waals surface area contributed by atoms with Crippen LogP contribution in [0.3, 0.4) is 0 Å². The van der Waals surface area contributed by atoms with Crippen molar-refractivity contribution in [2.45, 2.75) is 116 Å². The molecular formula is C21H41FO2S. The van der Waals surface area contributed by atoms with Gasteiger partial charge >= 0.3 is 5.97 Å². The molecule has 0 atom stereocenters. The van der Waals surface area contributed by atoms with Gasteiger partial charge in [0, 0.05) is 10.9 Å². The molecule has 0 amide bonds. The molecule has 0 aliphatic heterocycles. The summed E-state index contributed by atoms with van der Waals surface area (Å²) in [5.74, 6) is 1.93. The van der Waals surface area contributed by atoms with E-state index in [1.807, 2.05) is 0 Å². The van der Waals surface area contributed by atoms with Crippen LogP contribution in [0.2, 0.25) is 0 Å². The van der Waals surface area contributed by atoms with Crippen molar-refractivity contribution in [2.24, 2.45) is 0 Å². The van der Waals surface area contributed by atoms with E-state index in [0.29, 0.717) is 0 Å². The summed E-state index contributed by atoms with van der Waals surface area (Å²) in [5.41, 5.74) is 0. The first-order chi connectivity index (χ1) is 12.3. The standard InChI is InChI=1S/C21H41FO2S/c1-2-3-4-5-6-10-13-16-19-25-20-17-14-11-8-7-9-12-15-18-21(23)24-22/h2-20H2,1H3. The lowest BCUT2D eigenvalue weighted by Gasteiger charge is -2.04. The van der Waals surface area contributed by atoms with E-state index in [4.69, 9.17) is 0 Å². The molecule has 0 spiro atoms. The third kappa shape index (κ3) is 21.7. The molecule has 2 nitrogen and oxygen atoms in total. The molecule has 0 unspecified atom stereocenters. The van der Waals surface area contributed by atoms with Gasteiger partial charge in [0.25, 0.3) is 0 Å². The lowest BCUT2D eigenvalue weighted by atomic mass is 10.1. The second kappa shape index (κ2) is 21.8. The first-order valence-electron chi connectivity index (χ1n) is 10.7. The Kier molecular flexibility index (Phi) is 21.6. The van der Waals surface area contributed by atoms with Crippen LogP contribution in [-0.2, 0) is 9.74 Å². The maximum absolute atomic E-state index is 11.5. The van der Waals surface area contributed by atoms with Crippen molar-refractivity contribution in [3.8, 4) is 0 Å². The normalized spacial score (nSPS) is 11.0. The van der Waals surface area contributed by atoms with E-state index in [1.165, 1.54) is 95.0 Å². The second-order valence-corrected chi connectivity index (χ2v) is 8.34. The molecule has 0 aliphatic rings. The molecule has 0 saturated carbocycles. The molecular weight excluding hydrogens is 335 g/mol. The monoisotopic (exact) mass is 376 g/mol. The highest BCUT2D eigenvalue weighted by Crippen LogP contribution is 2.14. The van der Waals surface area contributed by atoms with Crippen LogP contribution in [0.1, 0.15) is 116 Å². The summed E-state index contributed by atoms with van der Waals surface area (Å²) in [4.78, 5) is 13.7. The largest absolute Gasteiger partial charge is 0.348 e. The minimum Gasteiger partial charge on any atom is -0.255 e. The molecule has 0 rings (SSSR count).